The summed E-state index contributed by atoms with van der Waals surface area (Å²) >= 11 is 6.05. The lowest BCUT2D eigenvalue weighted by atomic mass is 9.76. The van der Waals surface area contributed by atoms with E-state index in [-0.39, 0.29) is 0 Å². The van der Waals surface area contributed by atoms with Crippen LogP contribution in [0.15, 0.2) is 48.5 Å². The molecule has 3 N–H and O–H groups in total. The molecule has 2 aromatic rings. The number of carbonyl (C=O) groups is 1. The van der Waals surface area contributed by atoms with E-state index in [0.717, 1.165) is 18.5 Å². The van der Waals surface area contributed by atoms with E-state index in [1.807, 2.05) is 12.1 Å². The van der Waals surface area contributed by atoms with Crippen LogP contribution < -0.4 is 11.1 Å². The Hall–Kier alpha value is -2.00. The second-order valence-electron chi connectivity index (χ2n) is 5.48. The molecule has 0 unspecified atom stereocenters. The van der Waals surface area contributed by atoms with Crippen LogP contribution >= 0.6 is 11.6 Å². The molecule has 0 aliphatic heterocycles. The summed E-state index contributed by atoms with van der Waals surface area (Å²) in [6, 6.07) is 16.3. The molecule has 1 aliphatic carbocycles. The second kappa shape index (κ2) is 5.78. The van der Waals surface area contributed by atoms with Gasteiger partial charge >= 0.3 is 0 Å². The maximum Gasteiger partial charge on any atom is 0.250 e. The Morgan fingerprint density at radius 2 is 1.86 bits per heavy atom. The van der Waals surface area contributed by atoms with E-state index in [9.17, 15) is 4.79 Å². The molecule has 0 aromatic heterocycles. The van der Waals surface area contributed by atoms with Crippen LogP contribution in [0.3, 0.4) is 0 Å². The van der Waals surface area contributed by atoms with Crippen molar-refractivity contribution in [2.75, 3.05) is 5.32 Å². The highest BCUT2D eigenvalue weighted by Gasteiger charge is 2.30. The van der Waals surface area contributed by atoms with Gasteiger partial charge in [-0.1, -0.05) is 41.9 Å². The lowest BCUT2D eigenvalue weighted by Crippen LogP contribution is -2.34. The Labute approximate surface area is 129 Å². The Kier molecular flexibility index (Phi) is 3.84. The molecule has 0 spiro atoms. The van der Waals surface area contributed by atoms with Gasteiger partial charge < -0.3 is 11.1 Å². The molecule has 1 amide bonds. The molecule has 1 aliphatic rings. The number of nitrogens with two attached hydrogens (primary N) is 1. The predicted octanol–water partition coefficient (Wildman–Crippen LogP) is 3.80. The number of halogens is 1. The second-order valence-corrected chi connectivity index (χ2v) is 5.89. The van der Waals surface area contributed by atoms with Crippen LogP contribution in [0.2, 0.25) is 5.02 Å². The van der Waals surface area contributed by atoms with Gasteiger partial charge in [0.25, 0.3) is 0 Å². The zero-order chi connectivity index (χ0) is 14.8. The first-order chi connectivity index (χ1) is 10.1. The summed E-state index contributed by atoms with van der Waals surface area (Å²) in [7, 11) is 0. The molecule has 108 valence electrons. The fraction of sp³-hybridized carbons (Fsp3) is 0.235. The van der Waals surface area contributed by atoms with Gasteiger partial charge in [-0.05, 0) is 42.5 Å². The van der Waals surface area contributed by atoms with Gasteiger partial charge in [-0.3, -0.25) is 4.79 Å². The predicted molar refractivity (Wildman–Crippen MR) is 85.8 cm³/mol. The van der Waals surface area contributed by atoms with Gasteiger partial charge in [-0.15, -0.1) is 0 Å². The lowest BCUT2D eigenvalue weighted by molar-refractivity contribution is 0.100. The largest absolute Gasteiger partial charge is 0.382 e. The highest BCUT2D eigenvalue weighted by Crippen LogP contribution is 2.38. The molecule has 0 saturated heterocycles. The first-order valence-corrected chi connectivity index (χ1v) is 7.42. The number of primary amides is 1. The Bertz CT molecular complexity index is 651. The van der Waals surface area contributed by atoms with Crippen LogP contribution in [0, 0.1) is 0 Å². The quantitative estimate of drug-likeness (QED) is 0.902. The van der Waals surface area contributed by atoms with E-state index < -0.39 is 5.91 Å². The van der Waals surface area contributed by atoms with Crippen molar-refractivity contribution in [3.63, 3.8) is 0 Å². The van der Waals surface area contributed by atoms with Gasteiger partial charge in [0, 0.05) is 11.7 Å². The number of rotatable bonds is 4. The number of nitrogens with one attached hydrogen (secondary N) is 1. The van der Waals surface area contributed by atoms with Gasteiger partial charge in [0.2, 0.25) is 5.91 Å². The monoisotopic (exact) mass is 300 g/mol. The van der Waals surface area contributed by atoms with Crippen molar-refractivity contribution in [2.45, 2.75) is 24.8 Å². The van der Waals surface area contributed by atoms with Gasteiger partial charge in [0.1, 0.15) is 0 Å². The highest BCUT2D eigenvalue weighted by atomic mass is 35.5. The van der Waals surface area contributed by atoms with Crippen molar-refractivity contribution in [2.24, 2.45) is 5.73 Å². The smallest absolute Gasteiger partial charge is 0.250 e. The Balaban J connectivity index is 1.60. The van der Waals surface area contributed by atoms with Gasteiger partial charge in [-0.2, -0.15) is 0 Å². The van der Waals surface area contributed by atoms with Crippen LogP contribution in [0.25, 0.3) is 0 Å². The number of hydrogen-bond donors (Lipinski definition) is 2. The topological polar surface area (TPSA) is 55.1 Å². The average Bonchev–Trinajstić information content (AvgIpc) is 2.43. The van der Waals surface area contributed by atoms with E-state index in [1.54, 1.807) is 12.1 Å². The molecule has 0 bridgehead atoms. The van der Waals surface area contributed by atoms with Crippen molar-refractivity contribution in [1.82, 2.24) is 0 Å². The first kappa shape index (κ1) is 14.0. The SMILES string of the molecule is NC(=O)c1ccc(NC2CC(c3ccccc3)C2)cc1Cl. The van der Waals surface area contributed by atoms with Crippen LogP contribution in [0.5, 0.6) is 0 Å². The van der Waals surface area contributed by atoms with Crippen molar-refractivity contribution < 1.29 is 4.79 Å². The summed E-state index contributed by atoms with van der Waals surface area (Å²) < 4.78 is 0. The van der Waals surface area contributed by atoms with E-state index in [1.165, 1.54) is 5.56 Å². The van der Waals surface area contributed by atoms with E-state index in [2.05, 4.69) is 29.6 Å². The number of carbonyl (C=O) groups excluding carboxylic acids is 1. The molecule has 1 saturated carbocycles. The van der Waals surface area contributed by atoms with Crippen molar-refractivity contribution in [3.8, 4) is 0 Å². The molecular weight excluding hydrogens is 284 g/mol. The number of benzene rings is 2. The number of anilines is 1. The number of amides is 1. The number of hydrogen-bond acceptors (Lipinski definition) is 2. The zero-order valence-corrected chi connectivity index (χ0v) is 12.3. The molecule has 2 aromatic carbocycles. The highest BCUT2D eigenvalue weighted by molar-refractivity contribution is 6.34. The fourth-order valence-corrected chi connectivity index (χ4v) is 3.05. The zero-order valence-electron chi connectivity index (χ0n) is 11.6. The molecule has 3 nitrogen and oxygen atoms in total. The van der Waals surface area contributed by atoms with Gasteiger partial charge in [0.15, 0.2) is 0 Å². The standard InChI is InChI=1S/C17H17ClN2O/c18-16-10-13(6-7-15(16)17(19)21)20-14-8-12(9-14)11-4-2-1-3-5-11/h1-7,10,12,14,20H,8-9H2,(H2,19,21). The summed E-state index contributed by atoms with van der Waals surface area (Å²) in [6.45, 7) is 0. The third-order valence-corrected chi connectivity index (χ3v) is 4.33. The average molecular weight is 301 g/mol. The molecule has 1 fully saturated rings. The minimum atomic E-state index is -0.501. The first-order valence-electron chi connectivity index (χ1n) is 7.04. The summed E-state index contributed by atoms with van der Waals surface area (Å²) in [5.41, 5.74) is 7.93. The molecule has 0 heterocycles. The summed E-state index contributed by atoms with van der Waals surface area (Å²) in [5.74, 6) is 0.128. The molecule has 3 rings (SSSR count). The van der Waals surface area contributed by atoms with Crippen LogP contribution in [0.4, 0.5) is 5.69 Å². The van der Waals surface area contributed by atoms with Crippen LogP contribution in [-0.2, 0) is 0 Å². The minimum Gasteiger partial charge on any atom is -0.382 e. The van der Waals surface area contributed by atoms with Crippen molar-refractivity contribution in [1.29, 1.82) is 0 Å². The molecule has 21 heavy (non-hydrogen) atoms. The van der Waals surface area contributed by atoms with Crippen LogP contribution in [0.1, 0.15) is 34.7 Å². The van der Waals surface area contributed by atoms with E-state index in [0.29, 0.717) is 22.5 Å². The molecular formula is C17H17ClN2O. The lowest BCUT2D eigenvalue weighted by Gasteiger charge is -2.37. The summed E-state index contributed by atoms with van der Waals surface area (Å²) in [4.78, 5) is 11.1. The Morgan fingerprint density at radius 1 is 1.14 bits per heavy atom. The Morgan fingerprint density at radius 3 is 2.48 bits per heavy atom. The minimum absolute atomic E-state index is 0.359. The summed E-state index contributed by atoms with van der Waals surface area (Å²) in [5, 5.41) is 3.84. The van der Waals surface area contributed by atoms with E-state index in [4.69, 9.17) is 17.3 Å². The third-order valence-electron chi connectivity index (χ3n) is 4.01. The summed E-state index contributed by atoms with van der Waals surface area (Å²) in [6.07, 6.45) is 2.22. The molecule has 0 atom stereocenters. The normalized spacial score (nSPS) is 20.6. The molecule has 4 heteroatoms. The van der Waals surface area contributed by atoms with Crippen LogP contribution in [-0.4, -0.2) is 11.9 Å². The van der Waals surface area contributed by atoms with Crippen molar-refractivity contribution in [3.05, 3.63) is 64.7 Å². The maximum absolute atomic E-state index is 11.1. The fourth-order valence-electron chi connectivity index (χ4n) is 2.77. The van der Waals surface area contributed by atoms with Gasteiger partial charge in [0.05, 0.1) is 10.6 Å². The third kappa shape index (κ3) is 3.03. The van der Waals surface area contributed by atoms with E-state index >= 15 is 0 Å². The maximum atomic E-state index is 11.1. The molecule has 0 radical (unpaired) electrons. The van der Waals surface area contributed by atoms with Gasteiger partial charge in [-0.25, -0.2) is 0 Å². The van der Waals surface area contributed by atoms with Crippen molar-refractivity contribution >= 4 is 23.2 Å².